The first kappa shape index (κ1) is 5.09. The molecule has 3 heteroatoms. The highest BCUT2D eigenvalue weighted by Crippen LogP contribution is 2.05. The van der Waals surface area contributed by atoms with Gasteiger partial charge >= 0.3 is 0 Å². The van der Waals surface area contributed by atoms with Gasteiger partial charge in [-0.2, -0.15) is 0 Å². The van der Waals surface area contributed by atoms with E-state index in [4.69, 9.17) is 0 Å². The number of amidine groups is 1. The molecule has 0 bridgehead atoms. The molecule has 2 radical (unpaired) electrons. The maximum atomic E-state index is 3.83. The average molecular weight is 161 g/mol. The molecule has 1 rings (SSSR count). The second kappa shape index (κ2) is 1.82. The Morgan fingerprint density at radius 2 is 2.71 bits per heavy atom. The zero-order valence-electron chi connectivity index (χ0n) is 3.98. The Balaban J connectivity index is 2.54. The molecule has 0 aliphatic carbocycles. The van der Waals surface area contributed by atoms with Gasteiger partial charge in [-0.25, -0.2) is 4.99 Å². The Morgan fingerprint density at radius 1 is 2.00 bits per heavy atom. The molecule has 0 spiro atoms. The van der Waals surface area contributed by atoms with Gasteiger partial charge in [0.1, 0.15) is 6.54 Å². The number of hydrogen-bond acceptors (Lipinski definition) is 2. The van der Waals surface area contributed by atoms with Crippen LogP contribution in [0.4, 0.5) is 0 Å². The van der Waals surface area contributed by atoms with E-state index in [1.54, 1.807) is 0 Å². The van der Waals surface area contributed by atoms with E-state index in [-0.39, 0.29) is 0 Å². The van der Waals surface area contributed by atoms with Crippen molar-refractivity contribution in [2.45, 2.75) is 0 Å². The summed E-state index contributed by atoms with van der Waals surface area (Å²) in [5, 5.41) is 0. The van der Waals surface area contributed by atoms with Crippen molar-refractivity contribution in [1.29, 1.82) is 0 Å². The molecule has 0 unspecified atom stereocenters. The molecule has 0 saturated heterocycles. The molecule has 0 atom stereocenters. The second-order valence-electron chi connectivity index (χ2n) is 1.40. The van der Waals surface area contributed by atoms with Crippen molar-refractivity contribution in [3.8, 4) is 0 Å². The Kier molecular flexibility index (Phi) is 1.32. The summed E-state index contributed by atoms with van der Waals surface area (Å²) in [4.78, 5) is 5.78. The molecule has 0 aromatic heterocycles. The maximum Gasteiger partial charge on any atom is 0.168 e. The van der Waals surface area contributed by atoms with Crippen LogP contribution in [-0.4, -0.2) is 23.2 Å². The number of rotatable bonds is 0. The van der Waals surface area contributed by atoms with Crippen LogP contribution in [0.1, 0.15) is 0 Å². The molecule has 0 aromatic rings. The summed E-state index contributed by atoms with van der Waals surface area (Å²) in [6, 6.07) is 0. The van der Waals surface area contributed by atoms with E-state index < -0.39 is 0 Å². The molecule has 2 nitrogen and oxygen atoms in total. The van der Waals surface area contributed by atoms with Gasteiger partial charge in [0.25, 0.3) is 0 Å². The van der Waals surface area contributed by atoms with Crippen LogP contribution in [0.3, 0.4) is 0 Å². The van der Waals surface area contributed by atoms with E-state index in [2.05, 4.69) is 27.5 Å². The summed E-state index contributed by atoms with van der Waals surface area (Å²) in [6.45, 7) is 3.59. The first-order valence-electron chi connectivity index (χ1n) is 1.98. The van der Waals surface area contributed by atoms with Gasteiger partial charge in [-0.1, -0.05) is 0 Å². The molecular weight excluding hydrogens is 156 g/mol. The fraction of sp³-hybridized carbons (Fsp3) is 0.500. The number of likely N-dealkylation sites (N-methyl/N-ethyl adjacent to an activating group) is 1. The fourth-order valence-electron chi connectivity index (χ4n) is 0.357. The molecular formula is C4H5BrN2. The third kappa shape index (κ3) is 0.938. The lowest BCUT2D eigenvalue weighted by Crippen LogP contribution is -2.16. The zero-order valence-corrected chi connectivity index (χ0v) is 5.57. The number of hydrogen-bond donors (Lipinski definition) is 0. The minimum absolute atomic E-state index is 0.806. The maximum absolute atomic E-state index is 3.83. The Morgan fingerprint density at radius 3 is 2.86 bits per heavy atom. The lowest BCUT2D eigenvalue weighted by molar-refractivity contribution is 0.586. The van der Waals surface area contributed by atoms with E-state index in [0.717, 1.165) is 11.3 Å². The number of aliphatic imine (C=N–C) groups is 1. The van der Waals surface area contributed by atoms with Crippen molar-refractivity contribution >= 4 is 20.7 Å². The molecule has 0 aromatic carbocycles. The fourth-order valence-corrected chi connectivity index (χ4v) is 0.608. The van der Waals surface area contributed by atoms with Gasteiger partial charge in [-0.3, -0.25) is 0 Å². The van der Waals surface area contributed by atoms with E-state index >= 15 is 0 Å². The van der Waals surface area contributed by atoms with Gasteiger partial charge in [-0.05, 0) is 15.9 Å². The second-order valence-corrected chi connectivity index (χ2v) is 2.10. The van der Waals surface area contributed by atoms with Crippen LogP contribution in [0.15, 0.2) is 4.99 Å². The zero-order chi connectivity index (χ0) is 5.28. The van der Waals surface area contributed by atoms with Crippen molar-refractivity contribution < 1.29 is 0 Å². The van der Waals surface area contributed by atoms with Crippen molar-refractivity contribution in [3.05, 3.63) is 6.54 Å². The van der Waals surface area contributed by atoms with Gasteiger partial charge in [0, 0.05) is 13.6 Å². The van der Waals surface area contributed by atoms with Gasteiger partial charge in [0.2, 0.25) is 0 Å². The quantitative estimate of drug-likeness (QED) is 0.478. The largest absolute Gasteiger partial charge is 0.351 e. The van der Waals surface area contributed by atoms with Gasteiger partial charge in [0.15, 0.2) is 4.74 Å². The molecule has 1 aliphatic heterocycles. The minimum atomic E-state index is 0.806. The molecule has 0 fully saturated rings. The summed E-state index contributed by atoms with van der Waals surface area (Å²) in [5.41, 5.74) is 0. The SMILES string of the molecule is CN1C[C]N=C1Br. The Hall–Kier alpha value is -0.0500. The van der Waals surface area contributed by atoms with Crippen molar-refractivity contribution in [3.63, 3.8) is 0 Å². The first-order chi connectivity index (χ1) is 3.30. The smallest absolute Gasteiger partial charge is 0.168 e. The molecule has 0 amide bonds. The predicted octanol–water partition coefficient (Wildman–Crippen LogP) is 0.721. The number of nitrogens with zero attached hydrogens (tertiary/aromatic N) is 2. The standard InChI is InChI=1S/C4H5BrN2/c1-7-3-2-6-4(7)5/h3H2,1H3. The summed E-state index contributed by atoms with van der Waals surface area (Å²) < 4.78 is 0.868. The van der Waals surface area contributed by atoms with Crippen LogP contribution >= 0.6 is 15.9 Å². The van der Waals surface area contributed by atoms with E-state index in [0.29, 0.717) is 0 Å². The van der Waals surface area contributed by atoms with Crippen LogP contribution in [0.25, 0.3) is 0 Å². The molecule has 0 N–H and O–H groups in total. The van der Waals surface area contributed by atoms with E-state index in [1.165, 1.54) is 0 Å². The Labute approximate surface area is 51.4 Å². The first-order valence-corrected chi connectivity index (χ1v) is 2.77. The molecule has 1 aliphatic rings. The highest BCUT2D eigenvalue weighted by Gasteiger charge is 2.07. The van der Waals surface area contributed by atoms with Crippen molar-refractivity contribution in [2.24, 2.45) is 4.99 Å². The topological polar surface area (TPSA) is 15.6 Å². The van der Waals surface area contributed by atoms with Crippen LogP contribution in [0.5, 0.6) is 0 Å². The van der Waals surface area contributed by atoms with Gasteiger partial charge in [-0.15, -0.1) is 0 Å². The highest BCUT2D eigenvalue weighted by molar-refractivity contribution is 9.18. The summed E-state index contributed by atoms with van der Waals surface area (Å²) >= 11 is 3.22. The summed E-state index contributed by atoms with van der Waals surface area (Å²) in [7, 11) is 1.95. The van der Waals surface area contributed by atoms with Gasteiger partial charge in [0.05, 0.1) is 0 Å². The Bertz CT molecular complexity index is 99.9. The third-order valence-electron chi connectivity index (χ3n) is 0.794. The lowest BCUT2D eigenvalue weighted by Gasteiger charge is -2.05. The van der Waals surface area contributed by atoms with Crippen LogP contribution < -0.4 is 0 Å². The molecule has 0 saturated carbocycles. The lowest BCUT2D eigenvalue weighted by atomic mass is 10.6. The average Bonchev–Trinajstić information content (AvgIpc) is 1.91. The van der Waals surface area contributed by atoms with Crippen molar-refractivity contribution in [1.82, 2.24) is 4.90 Å². The minimum Gasteiger partial charge on any atom is -0.351 e. The van der Waals surface area contributed by atoms with Crippen LogP contribution in [0, 0.1) is 6.54 Å². The van der Waals surface area contributed by atoms with E-state index in [1.807, 2.05) is 11.9 Å². The van der Waals surface area contributed by atoms with Crippen LogP contribution in [-0.2, 0) is 0 Å². The summed E-state index contributed by atoms with van der Waals surface area (Å²) in [6.07, 6.45) is 0. The molecule has 38 valence electrons. The number of halogens is 1. The monoisotopic (exact) mass is 160 g/mol. The van der Waals surface area contributed by atoms with Crippen LogP contribution in [0.2, 0.25) is 0 Å². The van der Waals surface area contributed by atoms with Crippen molar-refractivity contribution in [2.75, 3.05) is 13.6 Å². The third-order valence-corrected chi connectivity index (χ3v) is 1.58. The highest BCUT2D eigenvalue weighted by atomic mass is 79.9. The summed E-state index contributed by atoms with van der Waals surface area (Å²) in [5.74, 6) is 0. The molecule has 1 heterocycles. The normalized spacial score (nSPS) is 20.3. The predicted molar refractivity (Wildman–Crippen MR) is 32.2 cm³/mol. The van der Waals surface area contributed by atoms with E-state index in [9.17, 15) is 0 Å². The molecule has 7 heavy (non-hydrogen) atoms. The van der Waals surface area contributed by atoms with Gasteiger partial charge < -0.3 is 4.90 Å².